The smallest absolute Gasteiger partial charge is 0.266 e. The van der Waals surface area contributed by atoms with Gasteiger partial charge in [0.15, 0.2) is 5.17 Å². The number of hydrogen-bond donors (Lipinski definition) is 0. The molecule has 0 saturated carbocycles. The van der Waals surface area contributed by atoms with E-state index in [1.807, 2.05) is 30.0 Å². The Bertz CT molecular complexity index is 1130. The zero-order chi connectivity index (χ0) is 24.2. The predicted molar refractivity (Wildman–Crippen MR) is 139 cm³/mol. The molecule has 0 spiro atoms. The minimum atomic E-state index is -0.293. The molecule has 0 unspecified atom stereocenters. The van der Waals surface area contributed by atoms with Gasteiger partial charge in [0.05, 0.1) is 42.7 Å². The Morgan fingerprint density at radius 2 is 1.63 bits per heavy atom. The molecule has 3 fully saturated rings. The summed E-state index contributed by atoms with van der Waals surface area (Å²) in [5.74, 6) is -0.405. The van der Waals surface area contributed by atoms with Crippen molar-refractivity contribution < 1.29 is 18.7 Å². The molecule has 3 aliphatic heterocycles. The van der Waals surface area contributed by atoms with Crippen molar-refractivity contribution in [1.29, 1.82) is 0 Å². The number of morpholine rings is 2. The van der Waals surface area contributed by atoms with Crippen molar-refractivity contribution in [1.82, 2.24) is 4.90 Å². The topological polar surface area (TPSA) is 57.6 Å². The van der Waals surface area contributed by atoms with Gasteiger partial charge in [-0.1, -0.05) is 6.07 Å². The van der Waals surface area contributed by atoms with E-state index in [1.54, 1.807) is 17.0 Å². The molecule has 0 bridgehead atoms. The van der Waals surface area contributed by atoms with E-state index in [0.717, 1.165) is 37.7 Å². The molecule has 5 rings (SSSR count). The Balaban J connectivity index is 1.33. The number of carbonyl (C=O) groups is 1. The number of ether oxygens (including phenoxy) is 2. The Labute approximate surface area is 209 Å². The number of halogens is 1. The maximum absolute atomic E-state index is 14.8. The first kappa shape index (κ1) is 23.8. The van der Waals surface area contributed by atoms with Crippen LogP contribution in [0, 0.1) is 5.82 Å². The van der Waals surface area contributed by atoms with Crippen LogP contribution in [0.4, 0.5) is 21.5 Å². The third-order valence-electron chi connectivity index (χ3n) is 6.28. The van der Waals surface area contributed by atoms with Gasteiger partial charge in [-0.05, 0) is 66.7 Å². The van der Waals surface area contributed by atoms with Gasteiger partial charge in [-0.25, -0.2) is 9.38 Å². The normalized spacial score (nSPS) is 21.4. The number of benzene rings is 2. The molecular weight excluding hydrogens is 467 g/mol. The van der Waals surface area contributed by atoms with Crippen LogP contribution in [0.2, 0.25) is 0 Å². The number of thioether (sulfide) groups is 1. The first-order valence-corrected chi connectivity index (χ1v) is 12.8. The summed E-state index contributed by atoms with van der Waals surface area (Å²) in [6, 6.07) is 13.2. The number of nitrogens with zero attached hydrogens (tertiary/aromatic N) is 4. The van der Waals surface area contributed by atoms with E-state index in [9.17, 15) is 9.18 Å². The lowest BCUT2D eigenvalue weighted by Gasteiger charge is -2.29. The lowest BCUT2D eigenvalue weighted by molar-refractivity contribution is -0.122. The van der Waals surface area contributed by atoms with Crippen molar-refractivity contribution in [3.63, 3.8) is 0 Å². The third-order valence-corrected chi connectivity index (χ3v) is 7.28. The molecule has 0 N–H and O–H groups in total. The maximum atomic E-state index is 14.8. The van der Waals surface area contributed by atoms with E-state index in [1.165, 1.54) is 17.8 Å². The van der Waals surface area contributed by atoms with Crippen molar-refractivity contribution in [2.24, 2.45) is 4.99 Å². The Morgan fingerprint density at radius 1 is 0.971 bits per heavy atom. The van der Waals surface area contributed by atoms with Gasteiger partial charge in [0.25, 0.3) is 5.91 Å². The number of hydrogen-bond acceptors (Lipinski definition) is 7. The minimum absolute atomic E-state index is 0.112. The van der Waals surface area contributed by atoms with E-state index in [2.05, 4.69) is 17.0 Å². The van der Waals surface area contributed by atoms with Crippen LogP contribution in [-0.4, -0.2) is 75.1 Å². The van der Waals surface area contributed by atoms with Crippen LogP contribution in [0.25, 0.3) is 6.08 Å². The molecule has 3 aliphatic rings. The average molecular weight is 497 g/mol. The number of amides is 1. The number of aliphatic imine (C=N–C) groups is 1. The zero-order valence-corrected chi connectivity index (χ0v) is 20.6. The fourth-order valence-corrected chi connectivity index (χ4v) is 5.43. The van der Waals surface area contributed by atoms with E-state index in [0.29, 0.717) is 54.2 Å². The molecule has 0 aromatic heterocycles. The maximum Gasteiger partial charge on any atom is 0.266 e. The first-order valence-electron chi connectivity index (χ1n) is 12.0. The van der Waals surface area contributed by atoms with Crippen molar-refractivity contribution in [3.05, 3.63) is 58.8 Å². The summed E-state index contributed by atoms with van der Waals surface area (Å²) < 4.78 is 25.6. The van der Waals surface area contributed by atoms with Crippen molar-refractivity contribution in [2.75, 3.05) is 69.0 Å². The van der Waals surface area contributed by atoms with Crippen molar-refractivity contribution in [3.8, 4) is 0 Å². The molecule has 3 heterocycles. The third kappa shape index (κ3) is 5.37. The second-order valence-electron chi connectivity index (χ2n) is 8.48. The summed E-state index contributed by atoms with van der Waals surface area (Å²) in [4.78, 5) is 24.2. The second-order valence-corrected chi connectivity index (χ2v) is 9.49. The van der Waals surface area contributed by atoms with E-state index in [-0.39, 0.29) is 11.7 Å². The SMILES string of the molecule is CCN1C(=O)/C(=C/c2ccc(N3CCOCC3)c(F)c2)SC1=Nc1ccc(N2CCOCC2)cc1. The van der Waals surface area contributed by atoms with Gasteiger partial charge in [-0.2, -0.15) is 0 Å². The summed E-state index contributed by atoms with van der Waals surface area (Å²) in [6.07, 6.45) is 1.74. The Kier molecular flexibility index (Phi) is 7.36. The molecular formula is C26H29FN4O3S. The number of rotatable bonds is 5. The largest absolute Gasteiger partial charge is 0.378 e. The van der Waals surface area contributed by atoms with Gasteiger partial charge < -0.3 is 19.3 Å². The van der Waals surface area contributed by atoms with Crippen LogP contribution in [0.15, 0.2) is 52.4 Å². The molecule has 0 atom stereocenters. The highest BCUT2D eigenvalue weighted by molar-refractivity contribution is 8.18. The van der Waals surface area contributed by atoms with Crippen LogP contribution in [0.5, 0.6) is 0 Å². The molecule has 35 heavy (non-hydrogen) atoms. The van der Waals surface area contributed by atoms with Gasteiger partial charge in [-0.3, -0.25) is 9.69 Å². The number of likely N-dealkylation sites (N-methyl/N-ethyl adjacent to an activating group) is 1. The highest BCUT2D eigenvalue weighted by Crippen LogP contribution is 2.35. The van der Waals surface area contributed by atoms with Crippen LogP contribution in [0.1, 0.15) is 12.5 Å². The zero-order valence-electron chi connectivity index (χ0n) is 19.8. The van der Waals surface area contributed by atoms with Gasteiger partial charge in [0.1, 0.15) is 5.82 Å². The highest BCUT2D eigenvalue weighted by atomic mass is 32.2. The Hall–Kier alpha value is -2.88. The van der Waals surface area contributed by atoms with Gasteiger partial charge in [0.2, 0.25) is 0 Å². The highest BCUT2D eigenvalue weighted by Gasteiger charge is 2.32. The fourth-order valence-electron chi connectivity index (χ4n) is 4.37. The average Bonchev–Trinajstić information content (AvgIpc) is 3.19. The summed E-state index contributed by atoms with van der Waals surface area (Å²) in [5, 5.41) is 0.633. The minimum Gasteiger partial charge on any atom is -0.378 e. The molecule has 9 heteroatoms. The van der Waals surface area contributed by atoms with Gasteiger partial charge in [-0.15, -0.1) is 0 Å². The molecule has 2 aromatic rings. The summed E-state index contributed by atoms with van der Waals surface area (Å²) in [5.41, 5.74) is 3.15. The van der Waals surface area contributed by atoms with Crippen LogP contribution in [-0.2, 0) is 14.3 Å². The predicted octanol–water partition coefficient (Wildman–Crippen LogP) is 4.12. The molecule has 184 valence electrons. The Morgan fingerprint density at radius 3 is 2.26 bits per heavy atom. The van der Waals surface area contributed by atoms with E-state index in [4.69, 9.17) is 14.5 Å². The standard InChI is InChI=1S/C26H29FN4O3S/c1-2-31-25(32)24(18-19-3-8-23(22(27)17-19)30-11-15-34-16-12-30)35-26(31)28-20-4-6-21(7-5-20)29-9-13-33-14-10-29/h3-8,17-18H,2,9-16H2,1H3/b24-18-,28-26?. The lowest BCUT2D eigenvalue weighted by atomic mass is 10.1. The van der Waals surface area contributed by atoms with Crippen LogP contribution >= 0.6 is 11.8 Å². The summed E-state index contributed by atoms with van der Waals surface area (Å²) >= 11 is 1.32. The van der Waals surface area contributed by atoms with E-state index >= 15 is 0 Å². The first-order chi connectivity index (χ1) is 17.1. The van der Waals surface area contributed by atoms with Crippen molar-refractivity contribution in [2.45, 2.75) is 6.92 Å². The van der Waals surface area contributed by atoms with Crippen molar-refractivity contribution >= 4 is 46.0 Å². The number of carbonyl (C=O) groups excluding carboxylic acids is 1. The lowest BCUT2D eigenvalue weighted by Crippen LogP contribution is -2.36. The molecule has 7 nitrogen and oxygen atoms in total. The monoisotopic (exact) mass is 496 g/mol. The fraction of sp³-hybridized carbons (Fsp3) is 0.385. The van der Waals surface area contributed by atoms with Gasteiger partial charge >= 0.3 is 0 Å². The van der Waals surface area contributed by atoms with E-state index < -0.39 is 0 Å². The number of amidine groups is 1. The van der Waals surface area contributed by atoms with Gasteiger partial charge in [0, 0.05) is 38.4 Å². The van der Waals surface area contributed by atoms with Crippen LogP contribution in [0.3, 0.4) is 0 Å². The molecule has 0 radical (unpaired) electrons. The quantitative estimate of drug-likeness (QED) is 0.581. The van der Waals surface area contributed by atoms with Crippen LogP contribution < -0.4 is 9.80 Å². The molecule has 1 amide bonds. The summed E-state index contributed by atoms with van der Waals surface area (Å²) in [7, 11) is 0. The summed E-state index contributed by atoms with van der Waals surface area (Å²) in [6.45, 7) is 8.21. The molecule has 0 aliphatic carbocycles. The molecule has 3 saturated heterocycles. The molecule has 2 aromatic carbocycles. The number of anilines is 2. The second kappa shape index (κ2) is 10.8.